The molecule has 3 heterocycles. The van der Waals surface area contributed by atoms with Crippen molar-refractivity contribution in [3.63, 3.8) is 0 Å². The predicted molar refractivity (Wildman–Crippen MR) is 125 cm³/mol. The Morgan fingerprint density at radius 2 is 1.88 bits per heavy atom. The molecule has 2 aliphatic rings. The van der Waals surface area contributed by atoms with E-state index in [2.05, 4.69) is 5.10 Å². The van der Waals surface area contributed by atoms with Crippen LogP contribution in [0.4, 0.5) is 5.69 Å². The summed E-state index contributed by atoms with van der Waals surface area (Å²) in [5, 5.41) is 4.86. The monoisotopic (exact) mass is 493 g/mol. The summed E-state index contributed by atoms with van der Waals surface area (Å²) in [6, 6.07) is 7.01. The Morgan fingerprint density at radius 3 is 2.48 bits per heavy atom. The van der Waals surface area contributed by atoms with Gasteiger partial charge in [-0.1, -0.05) is 17.7 Å². The van der Waals surface area contributed by atoms with Gasteiger partial charge in [-0.05, 0) is 39.0 Å². The van der Waals surface area contributed by atoms with Crippen molar-refractivity contribution in [1.82, 2.24) is 19.0 Å². The van der Waals surface area contributed by atoms with Crippen molar-refractivity contribution >= 4 is 39.1 Å². The standard InChI is InChI=1S/C22H28ClN5O4S/c1-4-28-16(3)21(15(2)24-28)33(31,32)26-10-8-25(9-11-26)22(30)17-12-20(29)27(14-17)19-7-5-6-18(23)13-19/h5-7,13,17H,4,8-12,14H2,1-3H3/t17-/m1/s1. The lowest BCUT2D eigenvalue weighted by Crippen LogP contribution is -2.52. The first-order valence-electron chi connectivity index (χ1n) is 11.0. The third kappa shape index (κ3) is 4.39. The minimum Gasteiger partial charge on any atom is -0.340 e. The van der Waals surface area contributed by atoms with Gasteiger partial charge in [-0.15, -0.1) is 0 Å². The molecule has 2 saturated heterocycles. The predicted octanol–water partition coefficient (Wildman–Crippen LogP) is 2.06. The summed E-state index contributed by atoms with van der Waals surface area (Å²) in [5.74, 6) is -0.682. The van der Waals surface area contributed by atoms with Gasteiger partial charge >= 0.3 is 0 Å². The molecule has 33 heavy (non-hydrogen) atoms. The molecule has 11 heteroatoms. The molecule has 0 aliphatic carbocycles. The topological polar surface area (TPSA) is 95.8 Å². The van der Waals surface area contributed by atoms with Crippen LogP contribution in [0.2, 0.25) is 5.02 Å². The van der Waals surface area contributed by atoms with Gasteiger partial charge in [-0.3, -0.25) is 14.3 Å². The van der Waals surface area contributed by atoms with Crippen LogP contribution < -0.4 is 4.90 Å². The molecule has 2 aliphatic heterocycles. The zero-order chi connectivity index (χ0) is 23.9. The highest BCUT2D eigenvalue weighted by atomic mass is 35.5. The highest BCUT2D eigenvalue weighted by Crippen LogP contribution is 2.29. The third-order valence-electron chi connectivity index (χ3n) is 6.36. The largest absolute Gasteiger partial charge is 0.340 e. The van der Waals surface area contributed by atoms with Crippen molar-refractivity contribution in [1.29, 1.82) is 0 Å². The smallest absolute Gasteiger partial charge is 0.246 e. The molecule has 0 radical (unpaired) electrons. The first-order chi connectivity index (χ1) is 15.6. The SMILES string of the molecule is CCn1nc(C)c(S(=O)(=O)N2CCN(C(=O)[C@@H]3CC(=O)N(c4cccc(Cl)c4)C3)CC2)c1C. The Kier molecular flexibility index (Phi) is 6.52. The highest BCUT2D eigenvalue weighted by molar-refractivity contribution is 7.89. The first kappa shape index (κ1) is 23.7. The summed E-state index contributed by atoms with van der Waals surface area (Å²) in [5.41, 5.74) is 1.79. The zero-order valence-corrected chi connectivity index (χ0v) is 20.6. The number of halogens is 1. The lowest BCUT2D eigenvalue weighted by molar-refractivity contribution is -0.136. The summed E-state index contributed by atoms with van der Waals surface area (Å²) in [6.45, 7) is 7.28. The van der Waals surface area contributed by atoms with Crippen LogP contribution in [0.15, 0.2) is 29.2 Å². The van der Waals surface area contributed by atoms with Gasteiger partial charge in [0, 0.05) is 56.4 Å². The number of rotatable bonds is 5. The number of nitrogens with zero attached hydrogens (tertiary/aromatic N) is 5. The van der Waals surface area contributed by atoms with Gasteiger partial charge in [0.15, 0.2) is 0 Å². The van der Waals surface area contributed by atoms with Crippen LogP contribution in [-0.4, -0.2) is 71.9 Å². The number of piperazine rings is 1. The van der Waals surface area contributed by atoms with E-state index in [1.807, 2.05) is 6.92 Å². The van der Waals surface area contributed by atoms with E-state index in [9.17, 15) is 18.0 Å². The van der Waals surface area contributed by atoms with Gasteiger partial charge in [0.1, 0.15) is 4.90 Å². The van der Waals surface area contributed by atoms with Crippen molar-refractivity contribution in [3.05, 3.63) is 40.7 Å². The number of aromatic nitrogens is 2. The number of hydrogen-bond acceptors (Lipinski definition) is 5. The number of hydrogen-bond donors (Lipinski definition) is 0. The van der Waals surface area contributed by atoms with Crippen molar-refractivity contribution in [3.8, 4) is 0 Å². The van der Waals surface area contributed by atoms with E-state index in [-0.39, 0.29) is 36.2 Å². The molecule has 0 unspecified atom stereocenters. The van der Waals surface area contributed by atoms with E-state index in [1.54, 1.807) is 52.6 Å². The van der Waals surface area contributed by atoms with Crippen molar-refractivity contribution in [2.45, 2.75) is 38.6 Å². The first-order valence-corrected chi connectivity index (χ1v) is 12.8. The maximum Gasteiger partial charge on any atom is 0.246 e. The normalized spacial score (nSPS) is 20.0. The number of benzene rings is 1. The minimum absolute atomic E-state index is 0.115. The molecule has 1 atom stereocenters. The Labute approximate surface area is 198 Å². The number of carbonyl (C=O) groups is 2. The lowest BCUT2D eigenvalue weighted by Gasteiger charge is -2.35. The van der Waals surface area contributed by atoms with Gasteiger partial charge in [0.05, 0.1) is 17.3 Å². The summed E-state index contributed by atoms with van der Waals surface area (Å²) in [7, 11) is -3.70. The van der Waals surface area contributed by atoms with E-state index in [0.29, 0.717) is 48.3 Å². The fourth-order valence-corrected chi connectivity index (χ4v) is 6.64. The van der Waals surface area contributed by atoms with E-state index in [4.69, 9.17) is 11.6 Å². The number of aryl methyl sites for hydroxylation is 2. The maximum atomic E-state index is 13.3. The summed E-state index contributed by atoms with van der Waals surface area (Å²) in [6.07, 6.45) is 0.137. The van der Waals surface area contributed by atoms with Gasteiger partial charge in [0.25, 0.3) is 0 Å². The Balaban J connectivity index is 1.41. The van der Waals surface area contributed by atoms with Gasteiger partial charge in [-0.25, -0.2) is 8.42 Å². The van der Waals surface area contributed by atoms with E-state index < -0.39 is 15.9 Å². The van der Waals surface area contributed by atoms with E-state index in [0.717, 1.165) is 0 Å². The second kappa shape index (κ2) is 9.08. The molecule has 1 aromatic heterocycles. The average molecular weight is 494 g/mol. The van der Waals surface area contributed by atoms with Gasteiger partial charge in [0.2, 0.25) is 21.8 Å². The molecule has 2 fully saturated rings. The van der Waals surface area contributed by atoms with Crippen molar-refractivity contribution < 1.29 is 18.0 Å². The van der Waals surface area contributed by atoms with Crippen LogP contribution in [0.5, 0.6) is 0 Å². The fourth-order valence-electron chi connectivity index (χ4n) is 4.66. The van der Waals surface area contributed by atoms with Crippen LogP contribution in [-0.2, 0) is 26.2 Å². The summed E-state index contributed by atoms with van der Waals surface area (Å²) < 4.78 is 29.6. The van der Waals surface area contributed by atoms with E-state index in [1.165, 1.54) is 4.31 Å². The summed E-state index contributed by atoms with van der Waals surface area (Å²) >= 11 is 6.04. The Bertz CT molecular complexity index is 1190. The van der Waals surface area contributed by atoms with Crippen LogP contribution in [0, 0.1) is 19.8 Å². The molecule has 9 nitrogen and oxygen atoms in total. The molecule has 0 N–H and O–H groups in total. The molecule has 2 amide bonds. The molecule has 0 spiro atoms. The average Bonchev–Trinajstić information content (AvgIpc) is 3.32. The van der Waals surface area contributed by atoms with Crippen LogP contribution >= 0.6 is 11.6 Å². The van der Waals surface area contributed by atoms with Crippen molar-refractivity contribution in [2.75, 3.05) is 37.6 Å². The fraction of sp³-hybridized carbons (Fsp3) is 0.500. The number of anilines is 1. The van der Waals surface area contributed by atoms with Crippen LogP contribution in [0.3, 0.4) is 0 Å². The molecular formula is C22H28ClN5O4S. The molecule has 0 bridgehead atoms. The Morgan fingerprint density at radius 1 is 1.18 bits per heavy atom. The number of amides is 2. The second-order valence-corrected chi connectivity index (χ2v) is 10.7. The quantitative estimate of drug-likeness (QED) is 0.635. The van der Waals surface area contributed by atoms with E-state index >= 15 is 0 Å². The van der Waals surface area contributed by atoms with Crippen LogP contribution in [0.25, 0.3) is 0 Å². The maximum absolute atomic E-state index is 13.3. The molecule has 178 valence electrons. The van der Waals surface area contributed by atoms with Gasteiger partial charge in [-0.2, -0.15) is 9.40 Å². The molecular weight excluding hydrogens is 466 g/mol. The third-order valence-corrected chi connectivity index (χ3v) is 8.74. The molecule has 0 saturated carbocycles. The lowest BCUT2D eigenvalue weighted by atomic mass is 10.1. The molecule has 2 aromatic rings. The zero-order valence-electron chi connectivity index (χ0n) is 19.0. The summed E-state index contributed by atoms with van der Waals surface area (Å²) in [4.78, 5) is 29.1. The number of carbonyl (C=O) groups excluding carboxylic acids is 2. The van der Waals surface area contributed by atoms with Crippen LogP contribution in [0.1, 0.15) is 24.7 Å². The Hall–Kier alpha value is -2.43. The number of sulfonamides is 1. The molecule has 4 rings (SSSR count). The molecule has 1 aromatic carbocycles. The highest BCUT2D eigenvalue weighted by Gasteiger charge is 2.40. The van der Waals surface area contributed by atoms with Crippen molar-refractivity contribution in [2.24, 2.45) is 5.92 Å². The second-order valence-electron chi connectivity index (χ2n) is 8.43. The van der Waals surface area contributed by atoms with Gasteiger partial charge < -0.3 is 9.80 Å². The minimum atomic E-state index is -3.70.